The van der Waals surface area contributed by atoms with E-state index in [9.17, 15) is 0 Å². The predicted molar refractivity (Wildman–Crippen MR) is 75.2 cm³/mol. The maximum atomic E-state index is 5.81. The van der Waals surface area contributed by atoms with E-state index in [0.29, 0.717) is 12.5 Å². The monoisotopic (exact) mass is 265 g/mol. The maximum Gasteiger partial charge on any atom is 0.126 e. The fourth-order valence-electron chi connectivity index (χ4n) is 1.82. The Morgan fingerprint density at radius 1 is 1.11 bits per heavy atom. The highest BCUT2D eigenvalue weighted by atomic mass is 16.5. The molecule has 0 heterocycles. The van der Waals surface area contributed by atoms with E-state index in [2.05, 4.69) is 12.2 Å². The van der Waals surface area contributed by atoms with E-state index in [-0.39, 0.29) is 0 Å². The van der Waals surface area contributed by atoms with E-state index in [1.54, 1.807) is 14.2 Å². The summed E-state index contributed by atoms with van der Waals surface area (Å²) in [5.74, 6) is 2.77. The molecule has 4 heteroatoms. The van der Waals surface area contributed by atoms with Crippen LogP contribution in [0.25, 0.3) is 0 Å². The molecule has 1 saturated carbocycles. The average Bonchev–Trinajstić information content (AvgIpc) is 3.26. The van der Waals surface area contributed by atoms with Crippen molar-refractivity contribution in [2.75, 3.05) is 27.4 Å². The molecule has 1 fully saturated rings. The molecule has 106 valence electrons. The minimum Gasteiger partial charge on any atom is -0.496 e. The van der Waals surface area contributed by atoms with Crippen molar-refractivity contribution >= 4 is 0 Å². The SMILES string of the molecule is COc1cc(OC)cc(OCC(C)CNC2CC2)c1. The van der Waals surface area contributed by atoms with Crippen LogP contribution in [0, 0.1) is 5.92 Å². The average molecular weight is 265 g/mol. The number of ether oxygens (including phenoxy) is 3. The van der Waals surface area contributed by atoms with Gasteiger partial charge >= 0.3 is 0 Å². The molecule has 2 rings (SSSR count). The van der Waals surface area contributed by atoms with Crippen molar-refractivity contribution in [1.29, 1.82) is 0 Å². The first-order valence-corrected chi connectivity index (χ1v) is 6.80. The van der Waals surface area contributed by atoms with Gasteiger partial charge in [0.2, 0.25) is 0 Å². The molecule has 19 heavy (non-hydrogen) atoms. The molecule has 1 unspecified atom stereocenters. The lowest BCUT2D eigenvalue weighted by Crippen LogP contribution is -2.26. The highest BCUT2D eigenvalue weighted by Crippen LogP contribution is 2.27. The normalized spacial score (nSPS) is 15.9. The highest BCUT2D eigenvalue weighted by molar-refractivity contribution is 5.41. The Balaban J connectivity index is 1.83. The molecular weight excluding hydrogens is 242 g/mol. The fraction of sp³-hybridized carbons (Fsp3) is 0.600. The summed E-state index contributed by atoms with van der Waals surface area (Å²) in [6, 6.07) is 6.34. The number of methoxy groups -OCH3 is 2. The maximum absolute atomic E-state index is 5.81. The van der Waals surface area contributed by atoms with Gasteiger partial charge < -0.3 is 19.5 Å². The van der Waals surface area contributed by atoms with Gasteiger partial charge in [0.25, 0.3) is 0 Å². The van der Waals surface area contributed by atoms with E-state index in [1.807, 2.05) is 18.2 Å². The highest BCUT2D eigenvalue weighted by Gasteiger charge is 2.20. The summed E-state index contributed by atoms with van der Waals surface area (Å²) in [7, 11) is 3.28. The van der Waals surface area contributed by atoms with Crippen LogP contribution in [0.15, 0.2) is 18.2 Å². The van der Waals surface area contributed by atoms with Gasteiger partial charge in [-0.25, -0.2) is 0 Å². The third-order valence-corrected chi connectivity index (χ3v) is 3.19. The Hall–Kier alpha value is -1.42. The standard InChI is InChI=1S/C15H23NO3/c1-11(9-16-12-4-5-12)10-19-15-7-13(17-2)6-14(8-15)18-3/h6-8,11-12,16H,4-5,9-10H2,1-3H3. The van der Waals surface area contributed by atoms with Crippen molar-refractivity contribution in [3.63, 3.8) is 0 Å². The molecule has 0 spiro atoms. The smallest absolute Gasteiger partial charge is 0.126 e. The lowest BCUT2D eigenvalue weighted by molar-refractivity contribution is 0.253. The van der Waals surface area contributed by atoms with E-state index in [0.717, 1.165) is 29.8 Å². The summed E-state index contributed by atoms with van der Waals surface area (Å²) < 4.78 is 16.2. The second-order valence-corrected chi connectivity index (χ2v) is 5.15. The molecule has 4 nitrogen and oxygen atoms in total. The van der Waals surface area contributed by atoms with Gasteiger partial charge in [0, 0.05) is 36.7 Å². The Kier molecular flexibility index (Phi) is 4.91. The first kappa shape index (κ1) is 14.0. The largest absolute Gasteiger partial charge is 0.496 e. The Labute approximate surface area is 115 Å². The van der Waals surface area contributed by atoms with E-state index in [4.69, 9.17) is 14.2 Å². The van der Waals surface area contributed by atoms with Crippen LogP contribution in [0.4, 0.5) is 0 Å². The number of nitrogens with one attached hydrogen (secondary N) is 1. The number of rotatable bonds is 8. The number of benzene rings is 1. The molecular formula is C15H23NO3. The summed E-state index contributed by atoms with van der Waals surface area (Å²) in [5.41, 5.74) is 0. The number of hydrogen-bond acceptors (Lipinski definition) is 4. The van der Waals surface area contributed by atoms with Gasteiger partial charge in [0.1, 0.15) is 17.2 Å². The minimum atomic E-state index is 0.484. The summed E-state index contributed by atoms with van der Waals surface area (Å²) in [6.45, 7) is 3.88. The van der Waals surface area contributed by atoms with Crippen LogP contribution in [-0.2, 0) is 0 Å². The van der Waals surface area contributed by atoms with Gasteiger partial charge in [0.15, 0.2) is 0 Å². The van der Waals surface area contributed by atoms with E-state index < -0.39 is 0 Å². The second kappa shape index (κ2) is 6.66. The topological polar surface area (TPSA) is 39.7 Å². The van der Waals surface area contributed by atoms with Crippen LogP contribution < -0.4 is 19.5 Å². The van der Waals surface area contributed by atoms with Gasteiger partial charge in [-0.05, 0) is 12.8 Å². The molecule has 1 aliphatic rings. The van der Waals surface area contributed by atoms with Crippen LogP contribution in [-0.4, -0.2) is 33.4 Å². The molecule has 1 aromatic rings. The third-order valence-electron chi connectivity index (χ3n) is 3.19. The Morgan fingerprint density at radius 2 is 1.68 bits per heavy atom. The molecule has 0 saturated heterocycles. The quantitative estimate of drug-likeness (QED) is 0.784. The third kappa shape index (κ3) is 4.63. The summed E-state index contributed by atoms with van der Waals surface area (Å²) >= 11 is 0. The zero-order valence-electron chi connectivity index (χ0n) is 11.9. The van der Waals surface area contributed by atoms with E-state index in [1.165, 1.54) is 12.8 Å². The molecule has 0 radical (unpaired) electrons. The van der Waals surface area contributed by atoms with Gasteiger partial charge in [-0.1, -0.05) is 6.92 Å². The molecule has 0 aromatic heterocycles. The van der Waals surface area contributed by atoms with Crippen molar-refractivity contribution in [2.24, 2.45) is 5.92 Å². The van der Waals surface area contributed by atoms with Crippen LogP contribution in [0.5, 0.6) is 17.2 Å². The summed E-state index contributed by atoms with van der Waals surface area (Å²) in [6.07, 6.45) is 2.64. The molecule has 0 amide bonds. The van der Waals surface area contributed by atoms with Crippen molar-refractivity contribution in [1.82, 2.24) is 5.32 Å². The van der Waals surface area contributed by atoms with Crippen molar-refractivity contribution < 1.29 is 14.2 Å². The van der Waals surface area contributed by atoms with Crippen molar-refractivity contribution in [2.45, 2.75) is 25.8 Å². The first-order valence-electron chi connectivity index (χ1n) is 6.80. The zero-order chi connectivity index (χ0) is 13.7. The van der Waals surface area contributed by atoms with Gasteiger partial charge in [-0.2, -0.15) is 0 Å². The molecule has 0 aliphatic heterocycles. The number of hydrogen-bond donors (Lipinski definition) is 1. The summed E-state index contributed by atoms with van der Waals surface area (Å²) in [4.78, 5) is 0. The zero-order valence-corrected chi connectivity index (χ0v) is 11.9. The first-order chi connectivity index (χ1) is 9.21. The van der Waals surface area contributed by atoms with E-state index >= 15 is 0 Å². The van der Waals surface area contributed by atoms with Gasteiger partial charge in [0.05, 0.1) is 20.8 Å². The molecule has 1 N–H and O–H groups in total. The van der Waals surface area contributed by atoms with Crippen molar-refractivity contribution in [3.05, 3.63) is 18.2 Å². The molecule has 1 aromatic carbocycles. The molecule has 0 bridgehead atoms. The summed E-state index contributed by atoms with van der Waals surface area (Å²) in [5, 5.41) is 3.51. The van der Waals surface area contributed by atoms with Gasteiger partial charge in [-0.3, -0.25) is 0 Å². The fourth-order valence-corrected chi connectivity index (χ4v) is 1.82. The van der Waals surface area contributed by atoms with Crippen LogP contribution in [0.2, 0.25) is 0 Å². The van der Waals surface area contributed by atoms with Crippen LogP contribution in [0.1, 0.15) is 19.8 Å². The van der Waals surface area contributed by atoms with Crippen LogP contribution >= 0.6 is 0 Å². The van der Waals surface area contributed by atoms with Crippen LogP contribution in [0.3, 0.4) is 0 Å². The van der Waals surface area contributed by atoms with Gasteiger partial charge in [-0.15, -0.1) is 0 Å². The lowest BCUT2D eigenvalue weighted by Gasteiger charge is -2.15. The lowest BCUT2D eigenvalue weighted by atomic mass is 10.2. The minimum absolute atomic E-state index is 0.484. The van der Waals surface area contributed by atoms with Crippen molar-refractivity contribution in [3.8, 4) is 17.2 Å². The second-order valence-electron chi connectivity index (χ2n) is 5.15. The molecule has 1 aliphatic carbocycles. The predicted octanol–water partition coefficient (Wildman–Crippen LogP) is 2.47. The Morgan fingerprint density at radius 3 is 2.21 bits per heavy atom. The Bertz CT molecular complexity index is 382. The molecule has 1 atom stereocenters.